The number of halogens is 1. The van der Waals surface area contributed by atoms with E-state index in [1.54, 1.807) is 12.0 Å². The van der Waals surface area contributed by atoms with Crippen molar-refractivity contribution >= 4 is 23.4 Å². The van der Waals surface area contributed by atoms with Gasteiger partial charge in [0.05, 0.1) is 7.11 Å². The average Bonchev–Trinajstić information content (AvgIpc) is 3.43. The second kappa shape index (κ2) is 13.3. The topological polar surface area (TPSA) is 58.6 Å². The van der Waals surface area contributed by atoms with Crippen LogP contribution in [0.5, 0.6) is 5.75 Å². The molecule has 6 heteroatoms. The van der Waals surface area contributed by atoms with E-state index in [9.17, 15) is 9.59 Å². The van der Waals surface area contributed by atoms with Crippen molar-refractivity contribution < 1.29 is 14.3 Å². The van der Waals surface area contributed by atoms with Gasteiger partial charge in [-0.2, -0.15) is 0 Å². The second-order valence-corrected chi connectivity index (χ2v) is 10.1. The number of methoxy groups -OCH3 is 1. The Labute approximate surface area is 224 Å². The second-order valence-electron chi connectivity index (χ2n) is 9.66. The molecule has 0 unspecified atom stereocenters. The zero-order valence-corrected chi connectivity index (χ0v) is 22.1. The van der Waals surface area contributed by atoms with Crippen molar-refractivity contribution in [2.75, 3.05) is 7.11 Å². The number of carbonyl (C=O) groups excluding carboxylic acids is 2. The minimum Gasteiger partial charge on any atom is -0.497 e. The SMILES string of the molecule is COc1cccc(CN(C(=O)CCc2ccccc2Cl)[C@H](Cc2ccccc2)C(=O)NC2CCCC2)c1. The van der Waals surface area contributed by atoms with Gasteiger partial charge in [0.25, 0.3) is 0 Å². The fraction of sp³-hybridized carbons (Fsp3) is 0.355. The van der Waals surface area contributed by atoms with Gasteiger partial charge in [-0.1, -0.05) is 85.1 Å². The molecular weight excluding hydrogens is 484 g/mol. The number of benzene rings is 3. The van der Waals surface area contributed by atoms with Gasteiger partial charge in [0.15, 0.2) is 0 Å². The predicted molar refractivity (Wildman–Crippen MR) is 148 cm³/mol. The molecule has 0 bridgehead atoms. The van der Waals surface area contributed by atoms with Gasteiger partial charge in [-0.3, -0.25) is 9.59 Å². The standard InChI is InChI=1S/C31H35ClN2O3/c1-37-27-16-9-12-24(20-27)22-34(30(35)19-18-25-13-5-8-17-28(25)32)29(21-23-10-3-2-4-11-23)31(36)33-26-14-6-7-15-26/h2-5,8-13,16-17,20,26,29H,6-7,14-15,18-19,21-22H2,1H3,(H,33,36)/t29-/m1/s1. The van der Waals surface area contributed by atoms with Crippen LogP contribution in [0.2, 0.25) is 5.02 Å². The van der Waals surface area contributed by atoms with E-state index >= 15 is 0 Å². The molecule has 4 rings (SSSR count). The highest BCUT2D eigenvalue weighted by atomic mass is 35.5. The molecule has 3 aromatic rings. The molecule has 3 aromatic carbocycles. The van der Waals surface area contributed by atoms with Crippen LogP contribution in [0.3, 0.4) is 0 Å². The van der Waals surface area contributed by atoms with Gasteiger partial charge in [0.1, 0.15) is 11.8 Å². The highest BCUT2D eigenvalue weighted by molar-refractivity contribution is 6.31. The molecule has 0 aliphatic heterocycles. The third-order valence-electron chi connectivity index (χ3n) is 7.03. The number of ether oxygens (including phenoxy) is 1. The first kappa shape index (κ1) is 26.7. The first-order valence-corrected chi connectivity index (χ1v) is 13.4. The Kier molecular flexibility index (Phi) is 9.61. The van der Waals surface area contributed by atoms with Gasteiger partial charge in [-0.15, -0.1) is 0 Å². The van der Waals surface area contributed by atoms with Crippen molar-refractivity contribution in [2.45, 2.75) is 63.6 Å². The molecule has 1 N–H and O–H groups in total. The molecule has 1 saturated carbocycles. The molecule has 37 heavy (non-hydrogen) atoms. The molecule has 194 valence electrons. The summed E-state index contributed by atoms with van der Waals surface area (Å²) in [6.07, 6.45) is 5.43. The number of carbonyl (C=O) groups is 2. The van der Waals surface area contributed by atoms with E-state index in [-0.39, 0.29) is 24.3 Å². The van der Waals surface area contributed by atoms with Crippen LogP contribution < -0.4 is 10.1 Å². The molecule has 0 spiro atoms. The number of aryl methyl sites for hydroxylation is 1. The van der Waals surface area contributed by atoms with Crippen LogP contribution in [-0.4, -0.2) is 35.9 Å². The van der Waals surface area contributed by atoms with Gasteiger partial charge in [-0.25, -0.2) is 0 Å². The van der Waals surface area contributed by atoms with Crippen molar-refractivity contribution in [2.24, 2.45) is 0 Å². The maximum Gasteiger partial charge on any atom is 0.243 e. The quantitative estimate of drug-likeness (QED) is 0.339. The summed E-state index contributed by atoms with van der Waals surface area (Å²) in [6, 6.07) is 24.7. The number of amides is 2. The highest BCUT2D eigenvalue weighted by Gasteiger charge is 2.32. The first-order valence-electron chi connectivity index (χ1n) is 13.0. The lowest BCUT2D eigenvalue weighted by Gasteiger charge is -2.32. The van der Waals surface area contributed by atoms with Gasteiger partial charge in [0.2, 0.25) is 11.8 Å². The summed E-state index contributed by atoms with van der Waals surface area (Å²) in [7, 11) is 1.62. The van der Waals surface area contributed by atoms with E-state index in [1.807, 2.05) is 78.9 Å². The molecular formula is C31H35ClN2O3. The predicted octanol–water partition coefficient (Wildman–Crippen LogP) is 5.98. The van der Waals surface area contributed by atoms with Crippen molar-refractivity contribution in [3.8, 4) is 5.75 Å². The van der Waals surface area contributed by atoms with E-state index in [1.165, 1.54) is 0 Å². The third-order valence-corrected chi connectivity index (χ3v) is 7.39. The number of nitrogens with one attached hydrogen (secondary N) is 1. The Balaban J connectivity index is 1.63. The van der Waals surface area contributed by atoms with Gasteiger partial charge >= 0.3 is 0 Å². The zero-order valence-electron chi connectivity index (χ0n) is 21.4. The summed E-state index contributed by atoms with van der Waals surface area (Å²) < 4.78 is 5.41. The molecule has 2 amide bonds. The van der Waals surface area contributed by atoms with Crippen molar-refractivity contribution in [3.63, 3.8) is 0 Å². The van der Waals surface area contributed by atoms with Crippen molar-refractivity contribution in [1.82, 2.24) is 10.2 Å². The van der Waals surface area contributed by atoms with Crippen LogP contribution in [-0.2, 0) is 29.0 Å². The summed E-state index contributed by atoms with van der Waals surface area (Å²) in [5, 5.41) is 3.89. The lowest BCUT2D eigenvalue weighted by atomic mass is 10.0. The summed E-state index contributed by atoms with van der Waals surface area (Å²) in [4.78, 5) is 29.3. The van der Waals surface area contributed by atoms with Gasteiger partial charge in [-0.05, 0) is 54.2 Å². The Morgan fingerprint density at radius 2 is 1.68 bits per heavy atom. The van der Waals surface area contributed by atoms with E-state index < -0.39 is 6.04 Å². The molecule has 0 radical (unpaired) electrons. The first-order chi connectivity index (χ1) is 18.0. The number of rotatable bonds is 11. The van der Waals surface area contributed by atoms with Crippen LogP contribution in [0.1, 0.15) is 48.8 Å². The van der Waals surface area contributed by atoms with Crippen LogP contribution in [0.4, 0.5) is 0 Å². The molecule has 0 saturated heterocycles. The van der Waals surface area contributed by atoms with Gasteiger partial charge in [0, 0.05) is 30.5 Å². The maximum atomic E-state index is 13.8. The summed E-state index contributed by atoms with van der Waals surface area (Å²) in [5.41, 5.74) is 2.86. The molecule has 0 aromatic heterocycles. The maximum absolute atomic E-state index is 13.8. The summed E-state index contributed by atoms with van der Waals surface area (Å²) >= 11 is 6.36. The van der Waals surface area contributed by atoms with Crippen LogP contribution in [0.25, 0.3) is 0 Å². The van der Waals surface area contributed by atoms with E-state index in [0.717, 1.165) is 48.1 Å². The minimum atomic E-state index is -0.632. The van der Waals surface area contributed by atoms with Crippen LogP contribution in [0.15, 0.2) is 78.9 Å². The van der Waals surface area contributed by atoms with Crippen molar-refractivity contribution in [3.05, 3.63) is 101 Å². The van der Waals surface area contributed by atoms with E-state index in [2.05, 4.69) is 5.32 Å². The Hall–Kier alpha value is -3.31. The van der Waals surface area contributed by atoms with Crippen LogP contribution in [0, 0.1) is 0 Å². The zero-order chi connectivity index (χ0) is 26.0. The number of hydrogen-bond donors (Lipinski definition) is 1. The lowest BCUT2D eigenvalue weighted by molar-refractivity contribution is -0.141. The third kappa shape index (κ3) is 7.59. The monoisotopic (exact) mass is 518 g/mol. The Bertz CT molecular complexity index is 1180. The molecule has 1 atom stereocenters. The molecule has 5 nitrogen and oxygen atoms in total. The van der Waals surface area contributed by atoms with Crippen molar-refractivity contribution in [1.29, 1.82) is 0 Å². The Morgan fingerprint density at radius 1 is 0.973 bits per heavy atom. The molecule has 0 heterocycles. The highest BCUT2D eigenvalue weighted by Crippen LogP contribution is 2.23. The molecule has 1 fully saturated rings. The fourth-order valence-corrected chi connectivity index (χ4v) is 5.21. The minimum absolute atomic E-state index is 0.0785. The lowest BCUT2D eigenvalue weighted by Crippen LogP contribution is -2.52. The number of nitrogens with zero attached hydrogens (tertiary/aromatic N) is 1. The largest absolute Gasteiger partial charge is 0.497 e. The molecule has 1 aliphatic carbocycles. The summed E-state index contributed by atoms with van der Waals surface area (Å²) in [6.45, 7) is 0.314. The summed E-state index contributed by atoms with van der Waals surface area (Å²) in [5.74, 6) is 0.547. The fourth-order valence-electron chi connectivity index (χ4n) is 4.98. The van der Waals surface area contributed by atoms with Gasteiger partial charge < -0.3 is 15.0 Å². The van der Waals surface area contributed by atoms with E-state index in [4.69, 9.17) is 16.3 Å². The number of hydrogen-bond acceptors (Lipinski definition) is 3. The smallest absolute Gasteiger partial charge is 0.243 e. The Morgan fingerprint density at radius 3 is 2.41 bits per heavy atom. The average molecular weight is 519 g/mol. The van der Waals surface area contributed by atoms with E-state index in [0.29, 0.717) is 24.4 Å². The molecule has 1 aliphatic rings. The normalized spacial score (nSPS) is 14.2. The van der Waals surface area contributed by atoms with Crippen LogP contribution >= 0.6 is 11.6 Å².